The van der Waals surface area contributed by atoms with Gasteiger partial charge >= 0.3 is 6.09 Å². The molecule has 21 heavy (non-hydrogen) atoms. The number of aryl methyl sites for hydroxylation is 1. The summed E-state index contributed by atoms with van der Waals surface area (Å²) in [7, 11) is -3.94. The normalized spacial score (nSPS) is 21.8. The fourth-order valence-corrected chi connectivity index (χ4v) is 2.81. The molecule has 2 N–H and O–H groups in total. The first-order valence-corrected chi connectivity index (χ1v) is 8.01. The minimum absolute atomic E-state index is 0.000316. The Morgan fingerprint density at radius 1 is 1.24 bits per heavy atom. The van der Waals surface area contributed by atoms with Crippen LogP contribution in [0.15, 0.2) is 41.3 Å². The lowest BCUT2D eigenvalue weighted by Gasteiger charge is -2.20. The van der Waals surface area contributed by atoms with Crippen molar-refractivity contribution in [3.63, 3.8) is 0 Å². The van der Waals surface area contributed by atoms with Crippen molar-refractivity contribution < 1.29 is 23.1 Å². The number of amides is 1. The van der Waals surface area contributed by atoms with Gasteiger partial charge in [0.1, 0.15) is 6.10 Å². The summed E-state index contributed by atoms with van der Waals surface area (Å²) < 4.78 is 30.8. The van der Waals surface area contributed by atoms with E-state index in [1.54, 1.807) is 18.2 Å². The summed E-state index contributed by atoms with van der Waals surface area (Å²) in [6, 6.07) is 6.12. The molecule has 2 atom stereocenters. The van der Waals surface area contributed by atoms with E-state index >= 15 is 0 Å². The van der Waals surface area contributed by atoms with Crippen molar-refractivity contribution in [2.45, 2.75) is 36.9 Å². The van der Waals surface area contributed by atoms with E-state index in [1.165, 1.54) is 18.2 Å². The summed E-state index contributed by atoms with van der Waals surface area (Å²) >= 11 is 0. The van der Waals surface area contributed by atoms with Crippen LogP contribution in [0.1, 0.15) is 18.4 Å². The topological polar surface area (TPSA) is 92.7 Å². The predicted molar refractivity (Wildman–Crippen MR) is 76.2 cm³/mol. The lowest BCUT2D eigenvalue weighted by molar-refractivity contribution is 0.102. The number of carbonyl (C=O) groups excluding carboxylic acids is 1. The van der Waals surface area contributed by atoms with Crippen LogP contribution in [0.25, 0.3) is 0 Å². The average Bonchev–Trinajstić information content (AvgIpc) is 2.41. The Balaban J connectivity index is 1.98. The monoisotopic (exact) mass is 311 g/mol. The van der Waals surface area contributed by atoms with E-state index in [2.05, 4.69) is 0 Å². The third-order valence-corrected chi connectivity index (χ3v) is 4.43. The second-order valence-electron chi connectivity index (χ2n) is 4.89. The maximum Gasteiger partial charge on any atom is 0.421 e. The fourth-order valence-electron chi connectivity index (χ4n) is 1.93. The van der Waals surface area contributed by atoms with E-state index in [0.717, 1.165) is 5.56 Å². The molecule has 1 aromatic carbocycles. The van der Waals surface area contributed by atoms with Crippen molar-refractivity contribution in [1.29, 1.82) is 0 Å². The van der Waals surface area contributed by atoms with Crippen molar-refractivity contribution in [3.8, 4) is 0 Å². The van der Waals surface area contributed by atoms with Crippen LogP contribution < -0.4 is 4.72 Å². The van der Waals surface area contributed by atoms with Crippen LogP contribution in [0.5, 0.6) is 0 Å². The highest BCUT2D eigenvalue weighted by atomic mass is 32.2. The van der Waals surface area contributed by atoms with E-state index in [0.29, 0.717) is 12.8 Å². The van der Waals surface area contributed by atoms with Crippen molar-refractivity contribution in [2.24, 2.45) is 0 Å². The molecule has 1 amide bonds. The van der Waals surface area contributed by atoms with E-state index in [1.807, 2.05) is 11.6 Å². The highest BCUT2D eigenvalue weighted by Crippen LogP contribution is 2.15. The van der Waals surface area contributed by atoms with Crippen LogP contribution in [0.4, 0.5) is 4.79 Å². The van der Waals surface area contributed by atoms with E-state index in [-0.39, 0.29) is 4.90 Å². The smallest absolute Gasteiger partial charge is 0.421 e. The molecule has 0 saturated heterocycles. The van der Waals surface area contributed by atoms with Gasteiger partial charge in [-0.1, -0.05) is 23.8 Å². The Kier molecular flexibility index (Phi) is 4.64. The number of sulfonamides is 1. The molecule has 0 bridgehead atoms. The molecule has 0 spiro atoms. The zero-order valence-corrected chi connectivity index (χ0v) is 12.3. The van der Waals surface area contributed by atoms with E-state index < -0.39 is 28.3 Å². The Hall–Kier alpha value is -1.86. The molecule has 6 nitrogen and oxygen atoms in total. The number of ether oxygens (including phenoxy) is 1. The van der Waals surface area contributed by atoms with Crippen LogP contribution >= 0.6 is 0 Å². The molecule has 0 radical (unpaired) electrons. The molecule has 114 valence electrons. The average molecular weight is 311 g/mol. The summed E-state index contributed by atoms with van der Waals surface area (Å²) in [4.78, 5) is 11.6. The quantitative estimate of drug-likeness (QED) is 0.825. The third kappa shape index (κ3) is 4.30. The Morgan fingerprint density at radius 3 is 2.48 bits per heavy atom. The van der Waals surface area contributed by atoms with Crippen molar-refractivity contribution >= 4 is 16.1 Å². The van der Waals surface area contributed by atoms with Gasteiger partial charge in [-0.2, -0.15) is 0 Å². The molecule has 0 heterocycles. The zero-order valence-electron chi connectivity index (χ0n) is 11.5. The molecule has 7 heteroatoms. The largest absolute Gasteiger partial charge is 0.441 e. The van der Waals surface area contributed by atoms with Crippen LogP contribution in [-0.2, 0) is 14.8 Å². The van der Waals surface area contributed by atoms with Gasteiger partial charge in [-0.15, -0.1) is 0 Å². The molecule has 1 aliphatic carbocycles. The first kappa shape index (κ1) is 15.5. The van der Waals surface area contributed by atoms with Gasteiger partial charge in [0.25, 0.3) is 10.0 Å². The van der Waals surface area contributed by atoms with Crippen molar-refractivity contribution in [3.05, 3.63) is 42.0 Å². The number of hydrogen-bond acceptors (Lipinski definition) is 5. The molecule has 0 fully saturated rings. The second kappa shape index (κ2) is 6.28. The van der Waals surface area contributed by atoms with Crippen molar-refractivity contribution in [2.75, 3.05) is 0 Å². The number of benzene rings is 1. The minimum Gasteiger partial charge on any atom is -0.441 e. The van der Waals surface area contributed by atoms with Gasteiger partial charge in [0.2, 0.25) is 0 Å². The summed E-state index contributed by atoms with van der Waals surface area (Å²) in [6.07, 6.45) is 1.91. The first-order valence-electron chi connectivity index (χ1n) is 6.53. The summed E-state index contributed by atoms with van der Waals surface area (Å²) in [5.41, 5.74) is 0.919. The number of hydrogen-bond donors (Lipinski definition) is 2. The van der Waals surface area contributed by atoms with Crippen molar-refractivity contribution in [1.82, 2.24) is 4.72 Å². The molecular weight excluding hydrogens is 294 g/mol. The molecule has 0 aliphatic heterocycles. The minimum atomic E-state index is -3.94. The van der Waals surface area contributed by atoms with E-state index in [4.69, 9.17) is 4.74 Å². The zero-order chi connectivity index (χ0) is 15.5. The maximum absolute atomic E-state index is 12.0. The summed E-state index contributed by atoms with van der Waals surface area (Å²) in [6.45, 7) is 1.84. The molecular formula is C14H17NO5S. The van der Waals surface area contributed by atoms with Crippen LogP contribution in [0.3, 0.4) is 0 Å². The number of aliphatic hydroxyl groups is 1. The highest BCUT2D eigenvalue weighted by molar-refractivity contribution is 7.90. The predicted octanol–water partition coefficient (Wildman–Crippen LogP) is 1.49. The van der Waals surface area contributed by atoms with Gasteiger partial charge in [-0.3, -0.25) is 0 Å². The molecule has 1 aliphatic rings. The first-order chi connectivity index (χ1) is 9.87. The Morgan fingerprint density at radius 2 is 1.90 bits per heavy atom. The van der Waals surface area contributed by atoms with Gasteiger partial charge < -0.3 is 9.84 Å². The van der Waals surface area contributed by atoms with Gasteiger partial charge in [0.15, 0.2) is 0 Å². The van der Waals surface area contributed by atoms with Gasteiger partial charge in [0, 0.05) is 0 Å². The number of nitrogens with one attached hydrogen (secondary N) is 1. The molecule has 0 aromatic heterocycles. The maximum atomic E-state index is 12.0. The lowest BCUT2D eigenvalue weighted by atomic mass is 10.0. The van der Waals surface area contributed by atoms with Crippen LogP contribution in [0, 0.1) is 6.92 Å². The standard InChI is InChI=1S/C14H17NO5S/c1-10-2-8-13(9-3-10)21(18,19)15-14(17)20-12-6-4-11(16)5-7-12/h2-4,6,8-9,11-12,16H,5,7H2,1H3,(H,15,17). The SMILES string of the molecule is Cc1ccc(S(=O)(=O)NC(=O)OC2C=CC(O)CC2)cc1. The highest BCUT2D eigenvalue weighted by Gasteiger charge is 2.22. The Labute approximate surface area is 123 Å². The molecule has 2 rings (SSSR count). The van der Waals surface area contributed by atoms with Crippen LogP contribution in [0.2, 0.25) is 0 Å². The second-order valence-corrected chi connectivity index (χ2v) is 6.57. The lowest BCUT2D eigenvalue weighted by Crippen LogP contribution is -2.34. The fraction of sp³-hybridized carbons (Fsp3) is 0.357. The van der Waals surface area contributed by atoms with Crippen LogP contribution in [-0.4, -0.2) is 31.8 Å². The Bertz CT molecular complexity index is 636. The van der Waals surface area contributed by atoms with Gasteiger partial charge in [-0.05, 0) is 38.0 Å². The molecule has 0 saturated carbocycles. The third-order valence-electron chi connectivity index (χ3n) is 3.10. The summed E-state index contributed by atoms with van der Waals surface area (Å²) in [5.74, 6) is 0. The van der Waals surface area contributed by atoms with Gasteiger partial charge in [-0.25, -0.2) is 17.9 Å². The number of rotatable bonds is 3. The van der Waals surface area contributed by atoms with E-state index in [9.17, 15) is 18.3 Å². The molecule has 2 unspecified atom stereocenters. The summed E-state index contributed by atoms with van der Waals surface area (Å²) in [5, 5.41) is 9.28. The van der Waals surface area contributed by atoms with Gasteiger partial charge in [0.05, 0.1) is 11.0 Å². The number of aliphatic hydroxyl groups excluding tert-OH is 1. The molecule has 1 aromatic rings. The number of carbonyl (C=O) groups is 1.